The molecule has 4 heteroatoms. The molecule has 1 aliphatic rings. The van der Waals surface area contributed by atoms with Crippen molar-refractivity contribution < 1.29 is 9.59 Å². The van der Waals surface area contributed by atoms with Gasteiger partial charge in [0, 0.05) is 44.9 Å². The number of carbonyl (C=O) groups excluding carboxylic acids is 2. The Morgan fingerprint density at radius 1 is 0.778 bits per heavy atom. The molecule has 0 N–H and O–H groups in total. The molecule has 0 aliphatic carbocycles. The van der Waals surface area contributed by atoms with Gasteiger partial charge in [0.25, 0.3) is 0 Å². The van der Waals surface area contributed by atoms with Gasteiger partial charge in [-0.05, 0) is 17.5 Å². The minimum atomic E-state index is 0.0552. The van der Waals surface area contributed by atoms with E-state index in [4.69, 9.17) is 0 Å². The Balaban J connectivity index is 1.66. The van der Waals surface area contributed by atoms with Crippen LogP contribution in [0.15, 0.2) is 60.7 Å². The van der Waals surface area contributed by atoms with Gasteiger partial charge in [-0.3, -0.25) is 9.59 Å². The van der Waals surface area contributed by atoms with Gasteiger partial charge in [-0.25, -0.2) is 0 Å². The number of piperazine rings is 1. The Morgan fingerprint density at radius 3 is 1.67 bits per heavy atom. The molecule has 1 fully saturated rings. The van der Waals surface area contributed by atoms with Crippen LogP contribution in [0.1, 0.15) is 43.2 Å². The van der Waals surface area contributed by atoms with E-state index in [-0.39, 0.29) is 17.7 Å². The SMILES string of the molecule is CCCC(=O)N1CCN(C(=O)CC(c2ccccc2)c2ccccc2)CC1. The summed E-state index contributed by atoms with van der Waals surface area (Å²) in [6.07, 6.45) is 1.92. The van der Waals surface area contributed by atoms with E-state index in [2.05, 4.69) is 24.3 Å². The molecule has 27 heavy (non-hydrogen) atoms. The van der Waals surface area contributed by atoms with Crippen molar-refractivity contribution in [2.75, 3.05) is 26.2 Å². The van der Waals surface area contributed by atoms with Crippen molar-refractivity contribution in [3.05, 3.63) is 71.8 Å². The zero-order valence-corrected chi connectivity index (χ0v) is 16.0. The maximum absolute atomic E-state index is 13.0. The smallest absolute Gasteiger partial charge is 0.223 e. The summed E-state index contributed by atoms with van der Waals surface area (Å²) in [5.74, 6) is 0.422. The Morgan fingerprint density at radius 2 is 1.22 bits per heavy atom. The van der Waals surface area contributed by atoms with Crippen molar-refractivity contribution in [1.82, 2.24) is 9.80 Å². The molecule has 1 saturated heterocycles. The second kappa shape index (κ2) is 9.36. The van der Waals surface area contributed by atoms with E-state index in [9.17, 15) is 9.59 Å². The minimum Gasteiger partial charge on any atom is -0.339 e. The van der Waals surface area contributed by atoms with Gasteiger partial charge in [0.15, 0.2) is 0 Å². The molecule has 142 valence electrons. The van der Waals surface area contributed by atoms with Gasteiger partial charge in [-0.2, -0.15) is 0 Å². The highest BCUT2D eigenvalue weighted by Crippen LogP contribution is 2.28. The Hall–Kier alpha value is -2.62. The van der Waals surface area contributed by atoms with Crippen molar-refractivity contribution in [2.24, 2.45) is 0 Å². The quantitative estimate of drug-likeness (QED) is 0.784. The lowest BCUT2D eigenvalue weighted by molar-refractivity contribution is -0.139. The van der Waals surface area contributed by atoms with Gasteiger partial charge in [0.05, 0.1) is 0 Å². The van der Waals surface area contributed by atoms with Gasteiger partial charge in [-0.1, -0.05) is 67.6 Å². The number of benzene rings is 2. The molecule has 0 aromatic heterocycles. The number of hydrogen-bond acceptors (Lipinski definition) is 2. The fraction of sp³-hybridized carbons (Fsp3) is 0.391. The first-order chi connectivity index (χ1) is 13.2. The van der Waals surface area contributed by atoms with Gasteiger partial charge >= 0.3 is 0 Å². The highest BCUT2D eigenvalue weighted by molar-refractivity contribution is 5.79. The van der Waals surface area contributed by atoms with Crippen LogP contribution in [0.4, 0.5) is 0 Å². The fourth-order valence-corrected chi connectivity index (χ4v) is 3.68. The lowest BCUT2D eigenvalue weighted by Gasteiger charge is -2.35. The molecule has 0 atom stereocenters. The molecule has 3 rings (SSSR count). The van der Waals surface area contributed by atoms with Crippen molar-refractivity contribution in [3.63, 3.8) is 0 Å². The number of carbonyl (C=O) groups is 2. The zero-order valence-electron chi connectivity index (χ0n) is 16.0. The van der Waals surface area contributed by atoms with Crippen LogP contribution in [0.25, 0.3) is 0 Å². The third-order valence-electron chi connectivity index (χ3n) is 5.23. The number of hydrogen-bond donors (Lipinski definition) is 0. The van der Waals surface area contributed by atoms with E-state index in [1.54, 1.807) is 0 Å². The summed E-state index contributed by atoms with van der Waals surface area (Å²) in [7, 11) is 0. The minimum absolute atomic E-state index is 0.0552. The molecule has 2 aromatic rings. The standard InChI is InChI=1S/C23H28N2O2/c1-2-9-22(26)24-14-16-25(17-15-24)23(27)18-21(19-10-5-3-6-11-19)20-12-7-4-8-13-20/h3-8,10-13,21H,2,9,14-18H2,1H3. The van der Waals surface area contributed by atoms with Crippen LogP contribution in [-0.2, 0) is 9.59 Å². The Bertz CT molecular complexity index is 698. The summed E-state index contributed by atoms with van der Waals surface area (Å²) < 4.78 is 0. The van der Waals surface area contributed by atoms with E-state index in [0.29, 0.717) is 39.0 Å². The molecule has 0 bridgehead atoms. The number of amides is 2. The Kier molecular flexibility index (Phi) is 6.64. The average molecular weight is 364 g/mol. The van der Waals surface area contributed by atoms with Crippen LogP contribution < -0.4 is 0 Å². The summed E-state index contributed by atoms with van der Waals surface area (Å²) in [6.45, 7) is 4.57. The molecule has 0 saturated carbocycles. The van der Waals surface area contributed by atoms with Crippen LogP contribution in [-0.4, -0.2) is 47.8 Å². The molecule has 1 heterocycles. The van der Waals surface area contributed by atoms with Crippen LogP contribution in [0, 0.1) is 0 Å². The second-order valence-electron chi connectivity index (χ2n) is 7.09. The summed E-state index contributed by atoms with van der Waals surface area (Å²) in [5.41, 5.74) is 2.32. The van der Waals surface area contributed by atoms with Crippen molar-refractivity contribution >= 4 is 11.8 Å². The topological polar surface area (TPSA) is 40.6 Å². The molecule has 0 spiro atoms. The average Bonchev–Trinajstić information content (AvgIpc) is 2.73. The summed E-state index contributed by atoms with van der Waals surface area (Å²) in [5, 5.41) is 0. The largest absolute Gasteiger partial charge is 0.339 e. The van der Waals surface area contributed by atoms with Gasteiger partial charge in [0.2, 0.25) is 11.8 Å². The fourth-order valence-electron chi connectivity index (χ4n) is 3.68. The molecular weight excluding hydrogens is 336 g/mol. The molecular formula is C23H28N2O2. The highest BCUT2D eigenvalue weighted by atomic mass is 16.2. The molecule has 4 nitrogen and oxygen atoms in total. The molecule has 0 radical (unpaired) electrons. The van der Waals surface area contributed by atoms with Gasteiger partial charge in [0.1, 0.15) is 0 Å². The van der Waals surface area contributed by atoms with Crippen LogP contribution in [0.5, 0.6) is 0 Å². The first-order valence-electron chi connectivity index (χ1n) is 9.84. The first-order valence-corrected chi connectivity index (χ1v) is 9.84. The van der Waals surface area contributed by atoms with Crippen molar-refractivity contribution in [1.29, 1.82) is 0 Å². The Labute approximate surface area is 161 Å². The lowest BCUT2D eigenvalue weighted by atomic mass is 9.88. The van der Waals surface area contributed by atoms with Crippen LogP contribution in [0.3, 0.4) is 0 Å². The predicted octanol–water partition coefficient (Wildman–Crippen LogP) is 3.68. The van der Waals surface area contributed by atoms with Crippen LogP contribution >= 0.6 is 0 Å². The predicted molar refractivity (Wildman–Crippen MR) is 107 cm³/mol. The number of rotatable bonds is 6. The third-order valence-corrected chi connectivity index (χ3v) is 5.23. The third kappa shape index (κ3) is 4.97. The van der Waals surface area contributed by atoms with E-state index in [0.717, 1.165) is 17.5 Å². The van der Waals surface area contributed by atoms with Gasteiger partial charge in [-0.15, -0.1) is 0 Å². The maximum atomic E-state index is 13.0. The highest BCUT2D eigenvalue weighted by Gasteiger charge is 2.26. The second-order valence-corrected chi connectivity index (χ2v) is 7.09. The summed E-state index contributed by atoms with van der Waals surface area (Å²) in [6, 6.07) is 20.4. The molecule has 2 amide bonds. The van der Waals surface area contributed by atoms with Crippen LogP contribution in [0.2, 0.25) is 0 Å². The molecule has 1 aliphatic heterocycles. The normalized spacial score (nSPS) is 14.4. The summed E-state index contributed by atoms with van der Waals surface area (Å²) >= 11 is 0. The van der Waals surface area contributed by atoms with Gasteiger partial charge < -0.3 is 9.80 Å². The van der Waals surface area contributed by atoms with E-state index in [1.165, 1.54) is 0 Å². The lowest BCUT2D eigenvalue weighted by Crippen LogP contribution is -2.50. The maximum Gasteiger partial charge on any atom is 0.223 e. The zero-order chi connectivity index (χ0) is 19.1. The van der Waals surface area contributed by atoms with E-state index < -0.39 is 0 Å². The molecule has 2 aromatic carbocycles. The summed E-state index contributed by atoms with van der Waals surface area (Å²) in [4.78, 5) is 28.8. The van der Waals surface area contributed by atoms with E-state index >= 15 is 0 Å². The van der Waals surface area contributed by atoms with Crippen molar-refractivity contribution in [3.8, 4) is 0 Å². The van der Waals surface area contributed by atoms with Crippen molar-refractivity contribution in [2.45, 2.75) is 32.1 Å². The monoisotopic (exact) mass is 364 g/mol. The number of nitrogens with zero attached hydrogens (tertiary/aromatic N) is 2. The van der Waals surface area contributed by atoms with E-state index in [1.807, 2.05) is 53.1 Å². The molecule has 0 unspecified atom stereocenters. The first kappa shape index (κ1) is 19.2.